The van der Waals surface area contributed by atoms with Crippen molar-refractivity contribution in [2.45, 2.75) is 0 Å². The van der Waals surface area contributed by atoms with E-state index in [9.17, 15) is 10.1 Å². The highest BCUT2D eigenvalue weighted by molar-refractivity contribution is 6.32. The van der Waals surface area contributed by atoms with Crippen LogP contribution in [0.5, 0.6) is 0 Å². The van der Waals surface area contributed by atoms with Gasteiger partial charge in [-0.15, -0.1) is 0 Å². The van der Waals surface area contributed by atoms with Crippen LogP contribution in [0, 0.1) is 10.1 Å². The van der Waals surface area contributed by atoms with Crippen molar-refractivity contribution in [3.8, 4) is 0 Å². The van der Waals surface area contributed by atoms with Crippen LogP contribution in [0.15, 0.2) is 30.7 Å². The third-order valence-electron chi connectivity index (χ3n) is 1.71. The van der Waals surface area contributed by atoms with Gasteiger partial charge in [0.15, 0.2) is 0 Å². The topological polar surface area (TPSA) is 80.1 Å². The number of halogens is 1. The monoisotopic (exact) mass is 242 g/mol. The van der Waals surface area contributed by atoms with Crippen molar-refractivity contribution in [3.63, 3.8) is 0 Å². The molecule has 0 aliphatic carbocycles. The highest BCUT2D eigenvalue weighted by atomic mass is 35.5. The molecule has 1 fully saturated rings. The van der Waals surface area contributed by atoms with Gasteiger partial charge in [0.25, 0.3) is 0 Å². The number of nitrogens with zero attached hydrogens (tertiary/aromatic N) is 2. The van der Waals surface area contributed by atoms with Gasteiger partial charge in [-0.3, -0.25) is 0 Å². The van der Waals surface area contributed by atoms with Crippen molar-refractivity contribution in [1.82, 2.24) is 15.6 Å². The Morgan fingerprint density at radius 3 is 2.44 bits per heavy atom. The molecule has 1 saturated heterocycles. The van der Waals surface area contributed by atoms with E-state index < -0.39 is 4.92 Å². The zero-order chi connectivity index (χ0) is 12.0. The second-order valence-electron chi connectivity index (χ2n) is 2.90. The molecule has 2 rings (SSSR count). The highest BCUT2D eigenvalue weighted by Gasteiger charge is 2.10. The van der Waals surface area contributed by atoms with Crippen molar-refractivity contribution in [3.05, 3.63) is 45.9 Å². The number of rotatable bonds is 1. The van der Waals surface area contributed by atoms with E-state index in [0.29, 0.717) is 0 Å². The van der Waals surface area contributed by atoms with Gasteiger partial charge in [-0.1, -0.05) is 18.2 Å². The minimum atomic E-state index is -0.623. The van der Waals surface area contributed by atoms with Crippen LogP contribution in [0.25, 0.3) is 0 Å². The molecule has 0 amide bonds. The first-order valence-corrected chi connectivity index (χ1v) is 4.90. The normalized spacial score (nSPS) is 13.2. The number of pyridine rings is 1. The van der Waals surface area contributed by atoms with Crippen LogP contribution in [0.2, 0.25) is 5.02 Å². The van der Waals surface area contributed by atoms with E-state index >= 15 is 0 Å². The quantitative estimate of drug-likeness (QED) is 0.573. The Bertz CT molecular complexity index is 389. The molecule has 16 heavy (non-hydrogen) atoms. The minimum absolute atomic E-state index is 0.0625. The first-order valence-electron chi connectivity index (χ1n) is 4.53. The molecule has 1 aliphatic rings. The largest absolute Gasteiger partial charge is 0.382 e. The first kappa shape index (κ1) is 12.3. The van der Waals surface area contributed by atoms with Gasteiger partial charge >= 0.3 is 5.82 Å². The summed E-state index contributed by atoms with van der Waals surface area (Å²) in [5.41, 5.74) is 0. The molecule has 1 aliphatic heterocycles. The fraction of sp³-hybridized carbons (Fsp3) is 0.222. The van der Waals surface area contributed by atoms with Crippen LogP contribution in [-0.4, -0.2) is 23.0 Å². The summed E-state index contributed by atoms with van der Waals surface area (Å²) >= 11 is 5.42. The molecular formula is C9H11ClN4O2. The van der Waals surface area contributed by atoms with Crippen molar-refractivity contribution in [2.24, 2.45) is 0 Å². The Morgan fingerprint density at radius 2 is 2.12 bits per heavy atom. The lowest BCUT2D eigenvalue weighted by Crippen LogP contribution is -2.06. The molecule has 86 valence electrons. The summed E-state index contributed by atoms with van der Waals surface area (Å²) in [7, 11) is 0. The third kappa shape index (κ3) is 3.74. The minimum Gasteiger partial charge on any atom is -0.371 e. The number of aromatic nitrogens is 1. The number of nitrogens with one attached hydrogen (secondary N) is 2. The summed E-state index contributed by atoms with van der Waals surface area (Å²) in [6, 6.07) is 2.96. The van der Waals surface area contributed by atoms with Gasteiger partial charge in [0.2, 0.25) is 0 Å². The molecule has 1 aromatic heterocycles. The van der Waals surface area contributed by atoms with Gasteiger partial charge in [0, 0.05) is 13.1 Å². The van der Waals surface area contributed by atoms with E-state index in [2.05, 4.69) is 22.2 Å². The molecule has 0 atom stereocenters. The number of hydrogen-bond donors (Lipinski definition) is 2. The molecule has 2 heterocycles. The molecule has 1 aromatic rings. The summed E-state index contributed by atoms with van der Waals surface area (Å²) in [4.78, 5) is 12.9. The first-order chi connectivity index (χ1) is 7.61. The van der Waals surface area contributed by atoms with Crippen molar-refractivity contribution in [1.29, 1.82) is 0 Å². The lowest BCUT2D eigenvalue weighted by Gasteiger charge is -1.90. The smallest absolute Gasteiger partial charge is 0.371 e. The average molecular weight is 243 g/mol. The van der Waals surface area contributed by atoms with E-state index in [0.717, 1.165) is 18.9 Å². The van der Waals surface area contributed by atoms with Crippen molar-refractivity contribution in [2.75, 3.05) is 13.1 Å². The molecule has 0 radical (unpaired) electrons. The lowest BCUT2D eigenvalue weighted by molar-refractivity contribution is -0.389. The fourth-order valence-corrected chi connectivity index (χ4v) is 1.19. The van der Waals surface area contributed by atoms with Crippen molar-refractivity contribution >= 4 is 17.4 Å². The van der Waals surface area contributed by atoms with Gasteiger partial charge in [0.1, 0.15) is 11.2 Å². The Hall–Kier alpha value is -1.82. The number of hydrogen-bond acceptors (Lipinski definition) is 5. The molecule has 7 heteroatoms. The van der Waals surface area contributed by atoms with Crippen LogP contribution in [0.4, 0.5) is 5.82 Å². The Kier molecular flexibility index (Phi) is 4.53. The fourth-order valence-electron chi connectivity index (χ4n) is 1.00. The molecule has 6 nitrogen and oxygen atoms in total. The van der Waals surface area contributed by atoms with Gasteiger partial charge in [0.05, 0.1) is 5.82 Å². The van der Waals surface area contributed by atoms with Crippen LogP contribution in [0.1, 0.15) is 0 Å². The van der Waals surface area contributed by atoms with Gasteiger partial charge in [-0.2, -0.15) is 0 Å². The Labute approximate surface area is 97.5 Å². The molecular weight excluding hydrogens is 232 g/mol. The molecule has 0 spiro atoms. The molecule has 0 bridgehead atoms. The maximum Gasteiger partial charge on any atom is 0.382 e. The lowest BCUT2D eigenvalue weighted by atomic mass is 10.5. The predicted molar refractivity (Wildman–Crippen MR) is 61.0 cm³/mol. The van der Waals surface area contributed by atoms with Crippen LogP contribution in [-0.2, 0) is 0 Å². The zero-order valence-corrected chi connectivity index (χ0v) is 9.20. The number of nitro groups is 1. The van der Waals surface area contributed by atoms with Gasteiger partial charge < -0.3 is 20.7 Å². The van der Waals surface area contributed by atoms with E-state index in [4.69, 9.17) is 11.6 Å². The summed E-state index contributed by atoms with van der Waals surface area (Å²) in [5, 5.41) is 16.2. The van der Waals surface area contributed by atoms with Gasteiger partial charge in [-0.05, 0) is 22.0 Å². The summed E-state index contributed by atoms with van der Waals surface area (Å²) in [6.45, 7) is 5.69. The van der Waals surface area contributed by atoms with Crippen molar-refractivity contribution < 1.29 is 4.92 Å². The molecule has 0 unspecified atom stereocenters. The van der Waals surface area contributed by atoms with E-state index in [1.165, 1.54) is 18.3 Å². The molecule has 0 saturated carbocycles. The second kappa shape index (κ2) is 5.92. The molecule has 0 aromatic carbocycles. The molecule has 2 N–H and O–H groups in total. The third-order valence-corrected chi connectivity index (χ3v) is 2.01. The summed E-state index contributed by atoms with van der Waals surface area (Å²) in [6.07, 6.45) is 1.32. The van der Waals surface area contributed by atoms with E-state index in [1.54, 1.807) is 0 Å². The Balaban J connectivity index is 0.000000181. The van der Waals surface area contributed by atoms with Crippen LogP contribution < -0.4 is 10.6 Å². The standard InChI is InChI=1S/C5H3ClN2O2.C4H8N2/c6-4-2-1-3-7-5(4)8(9)10;1-4-5-2-3-6-4/h1-3H;5-6H,1-3H2. The maximum atomic E-state index is 10.1. The summed E-state index contributed by atoms with van der Waals surface area (Å²) < 4.78 is 0. The second-order valence-corrected chi connectivity index (χ2v) is 3.31. The van der Waals surface area contributed by atoms with E-state index in [-0.39, 0.29) is 10.8 Å². The maximum absolute atomic E-state index is 10.1. The SMILES string of the molecule is C=C1NCCN1.O=[N+]([O-])c1ncccc1Cl. The summed E-state index contributed by atoms with van der Waals surface area (Å²) in [5.74, 6) is 0.652. The van der Waals surface area contributed by atoms with Gasteiger partial charge in [-0.25, -0.2) is 0 Å². The Morgan fingerprint density at radius 1 is 1.50 bits per heavy atom. The zero-order valence-electron chi connectivity index (χ0n) is 8.44. The average Bonchev–Trinajstić information content (AvgIpc) is 2.70. The highest BCUT2D eigenvalue weighted by Crippen LogP contribution is 2.18. The van der Waals surface area contributed by atoms with Crippen LogP contribution >= 0.6 is 11.6 Å². The predicted octanol–water partition coefficient (Wildman–Crippen LogP) is 1.29. The van der Waals surface area contributed by atoms with E-state index in [1.807, 2.05) is 0 Å². The van der Waals surface area contributed by atoms with Crippen LogP contribution in [0.3, 0.4) is 0 Å².